The molecule has 140 valence electrons. The third-order valence-corrected chi connectivity index (χ3v) is 7.40. The molecule has 8 heteroatoms. The van der Waals surface area contributed by atoms with Crippen molar-refractivity contribution in [2.45, 2.75) is 25.4 Å². The highest BCUT2D eigenvalue weighted by Crippen LogP contribution is 2.42. The van der Waals surface area contributed by atoms with Gasteiger partial charge in [0, 0.05) is 35.8 Å². The summed E-state index contributed by atoms with van der Waals surface area (Å²) in [6.45, 7) is 1.38. The van der Waals surface area contributed by atoms with Crippen LogP contribution >= 0.6 is 0 Å². The molecule has 2 aromatic rings. The second-order valence-corrected chi connectivity index (χ2v) is 9.61. The van der Waals surface area contributed by atoms with Crippen molar-refractivity contribution < 1.29 is 21.6 Å². The zero-order valence-electron chi connectivity index (χ0n) is 14.1. The van der Waals surface area contributed by atoms with Gasteiger partial charge in [-0.3, -0.25) is 4.98 Å². The summed E-state index contributed by atoms with van der Waals surface area (Å²) in [5, 5.41) is 0.665. The minimum atomic E-state index is -4.40. The van der Waals surface area contributed by atoms with Crippen LogP contribution in [0.25, 0.3) is 10.9 Å². The molecule has 2 saturated heterocycles. The number of nitrogens with zero attached hydrogens (tertiary/aromatic N) is 2. The largest absolute Gasteiger partial charge is 0.416 e. The zero-order chi connectivity index (χ0) is 18.6. The maximum atomic E-state index is 12.9. The topological polar surface area (TPSA) is 50.3 Å². The third kappa shape index (κ3) is 3.15. The molecule has 1 atom stereocenters. The summed E-state index contributed by atoms with van der Waals surface area (Å²) in [6.07, 6.45) is -0.471. The molecular formula is C18H19F3N2O2S. The summed E-state index contributed by atoms with van der Waals surface area (Å²) in [6, 6.07) is 5.41. The summed E-state index contributed by atoms with van der Waals surface area (Å²) in [4.78, 5) is 6.21. The predicted molar refractivity (Wildman–Crippen MR) is 93.9 cm³/mol. The first kappa shape index (κ1) is 17.6. The Bertz CT molecular complexity index is 959. The molecule has 1 aromatic carbocycles. The van der Waals surface area contributed by atoms with E-state index < -0.39 is 21.6 Å². The first-order valence-corrected chi connectivity index (χ1v) is 10.4. The number of pyridine rings is 1. The molecule has 0 aliphatic carbocycles. The van der Waals surface area contributed by atoms with Crippen molar-refractivity contribution in [3.05, 3.63) is 36.0 Å². The lowest BCUT2D eigenvalue weighted by Gasteiger charge is -2.41. The predicted octanol–water partition coefficient (Wildman–Crippen LogP) is 3.66. The monoisotopic (exact) mass is 384 g/mol. The maximum absolute atomic E-state index is 12.9. The number of anilines is 1. The molecular weight excluding hydrogens is 365 g/mol. The van der Waals surface area contributed by atoms with E-state index in [0.717, 1.165) is 37.2 Å². The Morgan fingerprint density at radius 1 is 1.15 bits per heavy atom. The van der Waals surface area contributed by atoms with Gasteiger partial charge in [-0.05, 0) is 37.5 Å². The summed E-state index contributed by atoms with van der Waals surface area (Å²) in [5.41, 5.74) is 0.174. The Balaban J connectivity index is 1.70. The first-order chi connectivity index (χ1) is 12.2. The highest BCUT2D eigenvalue weighted by atomic mass is 32.2. The second kappa shape index (κ2) is 5.84. The average molecular weight is 384 g/mol. The van der Waals surface area contributed by atoms with Crippen molar-refractivity contribution in [3.8, 4) is 0 Å². The van der Waals surface area contributed by atoms with Gasteiger partial charge in [0.2, 0.25) is 0 Å². The van der Waals surface area contributed by atoms with Gasteiger partial charge in [0.1, 0.15) is 0 Å². The summed E-state index contributed by atoms with van der Waals surface area (Å²) >= 11 is 0. The van der Waals surface area contributed by atoms with Gasteiger partial charge in [-0.2, -0.15) is 13.2 Å². The van der Waals surface area contributed by atoms with Crippen molar-refractivity contribution in [2.24, 2.45) is 5.41 Å². The number of fused-ring (bicyclic) bond motifs is 1. The van der Waals surface area contributed by atoms with Gasteiger partial charge in [0.05, 0.1) is 22.6 Å². The first-order valence-electron chi connectivity index (χ1n) is 8.59. The van der Waals surface area contributed by atoms with Crippen LogP contribution in [-0.2, 0) is 16.0 Å². The van der Waals surface area contributed by atoms with Gasteiger partial charge >= 0.3 is 6.18 Å². The number of hydrogen-bond donors (Lipinski definition) is 0. The van der Waals surface area contributed by atoms with Crippen LogP contribution in [0, 0.1) is 5.41 Å². The maximum Gasteiger partial charge on any atom is 0.416 e. The van der Waals surface area contributed by atoms with Gasteiger partial charge in [-0.15, -0.1) is 0 Å². The van der Waals surface area contributed by atoms with E-state index in [0.29, 0.717) is 23.9 Å². The number of piperidine rings is 1. The van der Waals surface area contributed by atoms with Gasteiger partial charge in [-0.1, -0.05) is 6.07 Å². The molecule has 3 heterocycles. The number of sulfone groups is 1. The Labute approximate surface area is 149 Å². The van der Waals surface area contributed by atoms with Crippen LogP contribution in [0.2, 0.25) is 0 Å². The molecule has 2 aliphatic heterocycles. The fraction of sp³-hybridized carbons (Fsp3) is 0.500. The van der Waals surface area contributed by atoms with Crippen molar-refractivity contribution in [3.63, 3.8) is 0 Å². The standard InChI is InChI=1S/C18H19F3N2O2S/c19-18(20,21)13-2-3-14-15(10-13)22-7-4-16(14)23-8-1-5-17(11-23)6-9-26(24,25)12-17/h2-4,7,10H,1,5-6,8-9,11-12H2. The van der Waals surface area contributed by atoms with Gasteiger partial charge < -0.3 is 4.90 Å². The molecule has 2 fully saturated rings. The lowest BCUT2D eigenvalue weighted by Crippen LogP contribution is -2.44. The molecule has 0 radical (unpaired) electrons. The van der Waals surface area contributed by atoms with E-state index in [1.54, 1.807) is 6.07 Å². The van der Waals surface area contributed by atoms with Crippen LogP contribution in [-0.4, -0.2) is 38.0 Å². The number of aromatic nitrogens is 1. The molecule has 1 aromatic heterocycles. The fourth-order valence-electron chi connectivity index (χ4n) is 4.30. The lowest BCUT2D eigenvalue weighted by atomic mass is 9.79. The molecule has 0 amide bonds. The average Bonchev–Trinajstić information content (AvgIpc) is 2.87. The normalized spacial score (nSPS) is 25.9. The molecule has 0 saturated carbocycles. The Morgan fingerprint density at radius 3 is 2.65 bits per heavy atom. The van der Waals surface area contributed by atoms with E-state index in [1.807, 2.05) is 0 Å². The van der Waals surface area contributed by atoms with Crippen molar-refractivity contribution in [2.75, 3.05) is 29.5 Å². The molecule has 2 aliphatic rings. The van der Waals surface area contributed by atoms with Crippen LogP contribution in [0.4, 0.5) is 18.9 Å². The number of halogens is 3. The second-order valence-electron chi connectivity index (χ2n) is 7.43. The summed E-state index contributed by atoms with van der Waals surface area (Å²) in [7, 11) is -2.99. The van der Waals surface area contributed by atoms with E-state index >= 15 is 0 Å². The van der Waals surface area contributed by atoms with Crippen LogP contribution in [0.5, 0.6) is 0 Å². The SMILES string of the molecule is O=S1(=O)CCC2(CCCN(c3ccnc4cc(C(F)(F)F)ccc34)C2)C1. The van der Waals surface area contributed by atoms with Crippen molar-refractivity contribution >= 4 is 26.4 Å². The molecule has 26 heavy (non-hydrogen) atoms. The third-order valence-electron chi connectivity index (χ3n) is 5.52. The number of benzene rings is 1. The van der Waals surface area contributed by atoms with Crippen molar-refractivity contribution in [1.29, 1.82) is 0 Å². The van der Waals surface area contributed by atoms with E-state index in [-0.39, 0.29) is 16.9 Å². The smallest absolute Gasteiger partial charge is 0.370 e. The molecule has 1 unspecified atom stereocenters. The zero-order valence-corrected chi connectivity index (χ0v) is 14.9. The molecule has 4 nitrogen and oxygen atoms in total. The summed E-state index contributed by atoms with van der Waals surface area (Å²) < 4.78 is 62.8. The van der Waals surface area contributed by atoms with Crippen LogP contribution in [0.3, 0.4) is 0 Å². The highest BCUT2D eigenvalue weighted by molar-refractivity contribution is 7.91. The fourth-order valence-corrected chi connectivity index (χ4v) is 6.50. The van der Waals surface area contributed by atoms with Gasteiger partial charge in [0.25, 0.3) is 0 Å². The van der Waals surface area contributed by atoms with Crippen LogP contribution in [0.15, 0.2) is 30.5 Å². The van der Waals surface area contributed by atoms with E-state index in [2.05, 4.69) is 9.88 Å². The minimum Gasteiger partial charge on any atom is -0.370 e. The number of alkyl halides is 3. The Hall–Kier alpha value is -1.83. The van der Waals surface area contributed by atoms with Gasteiger partial charge in [-0.25, -0.2) is 8.42 Å². The molecule has 4 rings (SSSR count). The molecule has 0 bridgehead atoms. The Kier molecular flexibility index (Phi) is 3.95. The Morgan fingerprint density at radius 2 is 1.96 bits per heavy atom. The highest BCUT2D eigenvalue weighted by Gasteiger charge is 2.45. The van der Waals surface area contributed by atoms with E-state index in [4.69, 9.17) is 0 Å². The quantitative estimate of drug-likeness (QED) is 0.753. The summed E-state index contributed by atoms with van der Waals surface area (Å²) in [5.74, 6) is 0.435. The van der Waals surface area contributed by atoms with Crippen LogP contribution < -0.4 is 4.90 Å². The van der Waals surface area contributed by atoms with E-state index in [9.17, 15) is 21.6 Å². The number of hydrogen-bond acceptors (Lipinski definition) is 4. The number of rotatable bonds is 1. The van der Waals surface area contributed by atoms with Crippen molar-refractivity contribution in [1.82, 2.24) is 4.98 Å². The molecule has 1 spiro atoms. The van der Waals surface area contributed by atoms with Gasteiger partial charge in [0.15, 0.2) is 9.84 Å². The minimum absolute atomic E-state index is 0.206. The molecule has 0 N–H and O–H groups in total. The lowest BCUT2D eigenvalue weighted by molar-refractivity contribution is -0.137. The van der Waals surface area contributed by atoms with Crippen LogP contribution in [0.1, 0.15) is 24.8 Å². The van der Waals surface area contributed by atoms with E-state index in [1.165, 1.54) is 12.3 Å².